The van der Waals surface area contributed by atoms with Gasteiger partial charge in [-0.1, -0.05) is 84.4 Å². The topological polar surface area (TPSA) is 46.2 Å². The second-order valence-corrected chi connectivity index (χ2v) is 10.6. The molecule has 0 aromatic heterocycles. The molecule has 35 heavy (non-hydrogen) atoms. The molecule has 3 nitrogen and oxygen atoms in total. The van der Waals surface area contributed by atoms with Crippen LogP contribution in [0.1, 0.15) is 40.2 Å². The van der Waals surface area contributed by atoms with Gasteiger partial charge in [0.1, 0.15) is 5.82 Å². The van der Waals surface area contributed by atoms with Crippen LogP contribution in [0.5, 0.6) is 0 Å². The maximum Gasteiger partial charge on any atom is 0.240 e. The third-order valence-corrected chi connectivity index (χ3v) is 7.95. The molecule has 4 aromatic rings. The number of aryl methyl sites for hydroxylation is 1. The number of rotatable bonds is 7. The van der Waals surface area contributed by atoms with Crippen LogP contribution in [-0.2, 0) is 10.0 Å². The van der Waals surface area contributed by atoms with Crippen LogP contribution < -0.4 is 4.72 Å². The van der Waals surface area contributed by atoms with Crippen molar-refractivity contribution in [1.82, 2.24) is 4.72 Å². The summed E-state index contributed by atoms with van der Waals surface area (Å²) in [6.45, 7) is 2.16. The number of fused-ring (bicyclic) bond motifs is 1. The molecule has 1 N–H and O–H groups in total. The average molecular weight is 484 g/mol. The predicted molar refractivity (Wildman–Crippen MR) is 138 cm³/mol. The van der Waals surface area contributed by atoms with Crippen molar-refractivity contribution in [3.05, 3.63) is 142 Å². The molecule has 0 bridgehead atoms. The van der Waals surface area contributed by atoms with Gasteiger partial charge in [-0.25, -0.2) is 17.5 Å². The van der Waals surface area contributed by atoms with Gasteiger partial charge in [0, 0.05) is 12.5 Å². The molecule has 1 aliphatic rings. The first-order chi connectivity index (χ1) is 16.9. The quantitative estimate of drug-likeness (QED) is 0.328. The van der Waals surface area contributed by atoms with E-state index in [9.17, 15) is 12.8 Å². The lowest BCUT2D eigenvalue weighted by atomic mass is 9.86. The van der Waals surface area contributed by atoms with Crippen LogP contribution in [0.2, 0.25) is 0 Å². The molecular formula is C30H26FNO2S. The highest BCUT2D eigenvalue weighted by Gasteiger charge is 2.32. The van der Waals surface area contributed by atoms with Crippen molar-refractivity contribution in [2.45, 2.75) is 24.2 Å². The Balaban J connectivity index is 1.55. The van der Waals surface area contributed by atoms with E-state index in [1.807, 2.05) is 43.3 Å². The molecule has 5 rings (SSSR count). The zero-order chi connectivity index (χ0) is 24.4. The highest BCUT2D eigenvalue weighted by Crippen LogP contribution is 2.49. The van der Waals surface area contributed by atoms with Gasteiger partial charge in [0.05, 0.1) is 4.90 Å². The van der Waals surface area contributed by atoms with E-state index in [0.717, 1.165) is 39.0 Å². The van der Waals surface area contributed by atoms with Gasteiger partial charge in [0.25, 0.3) is 0 Å². The SMILES string of the molecule is Cc1ccc(S(=O)(=O)NCCC2=C(c3ccccc3)c3ccccc3C2c2cccc(F)c2)cc1. The van der Waals surface area contributed by atoms with Gasteiger partial charge in [-0.05, 0) is 71.0 Å². The first-order valence-electron chi connectivity index (χ1n) is 11.6. The van der Waals surface area contributed by atoms with E-state index in [1.165, 1.54) is 6.07 Å². The van der Waals surface area contributed by atoms with Gasteiger partial charge < -0.3 is 0 Å². The second kappa shape index (κ2) is 9.61. The number of halogens is 1. The van der Waals surface area contributed by atoms with Crippen molar-refractivity contribution in [3.8, 4) is 0 Å². The van der Waals surface area contributed by atoms with Crippen molar-refractivity contribution in [2.75, 3.05) is 6.54 Å². The Kier molecular flexibility index (Phi) is 6.37. The van der Waals surface area contributed by atoms with Crippen molar-refractivity contribution in [3.63, 3.8) is 0 Å². The number of benzene rings is 4. The largest absolute Gasteiger partial charge is 0.240 e. The maximum absolute atomic E-state index is 14.3. The predicted octanol–water partition coefficient (Wildman–Crippen LogP) is 6.45. The maximum atomic E-state index is 14.3. The van der Waals surface area contributed by atoms with E-state index < -0.39 is 10.0 Å². The lowest BCUT2D eigenvalue weighted by Gasteiger charge is -2.19. The van der Waals surface area contributed by atoms with E-state index in [4.69, 9.17) is 0 Å². The van der Waals surface area contributed by atoms with Crippen molar-refractivity contribution in [1.29, 1.82) is 0 Å². The number of sulfonamides is 1. The highest BCUT2D eigenvalue weighted by molar-refractivity contribution is 7.89. The molecule has 4 aromatic carbocycles. The molecule has 1 unspecified atom stereocenters. The molecule has 0 saturated carbocycles. The van der Waals surface area contributed by atoms with Crippen LogP contribution in [0, 0.1) is 12.7 Å². The monoisotopic (exact) mass is 483 g/mol. The Bertz CT molecular complexity index is 1490. The van der Waals surface area contributed by atoms with E-state index in [-0.39, 0.29) is 23.2 Å². The third kappa shape index (κ3) is 4.70. The normalized spacial score (nSPS) is 15.3. The molecule has 0 saturated heterocycles. The number of nitrogens with one attached hydrogen (secondary N) is 1. The fourth-order valence-corrected chi connectivity index (χ4v) is 5.92. The van der Waals surface area contributed by atoms with Gasteiger partial charge in [0.15, 0.2) is 0 Å². The molecular weight excluding hydrogens is 457 g/mol. The summed E-state index contributed by atoms with van der Waals surface area (Å²) in [5.41, 5.74) is 7.30. The van der Waals surface area contributed by atoms with Crippen LogP contribution >= 0.6 is 0 Å². The molecule has 0 heterocycles. The van der Waals surface area contributed by atoms with Crippen LogP contribution in [0.3, 0.4) is 0 Å². The van der Waals surface area contributed by atoms with Crippen molar-refractivity contribution >= 4 is 15.6 Å². The molecule has 0 aliphatic heterocycles. The summed E-state index contributed by atoms with van der Waals surface area (Å²) in [6, 6.07) is 31.8. The zero-order valence-corrected chi connectivity index (χ0v) is 20.2. The van der Waals surface area contributed by atoms with Gasteiger partial charge in [-0.2, -0.15) is 0 Å². The van der Waals surface area contributed by atoms with Crippen LogP contribution in [0.15, 0.2) is 114 Å². The minimum atomic E-state index is -3.64. The summed E-state index contributed by atoms with van der Waals surface area (Å²) in [4.78, 5) is 0.247. The fraction of sp³-hybridized carbons (Fsp3) is 0.133. The molecule has 0 amide bonds. The van der Waals surface area contributed by atoms with Crippen LogP contribution in [-0.4, -0.2) is 15.0 Å². The molecule has 0 spiro atoms. The number of hydrogen-bond acceptors (Lipinski definition) is 2. The van der Waals surface area contributed by atoms with Gasteiger partial charge >= 0.3 is 0 Å². The van der Waals surface area contributed by atoms with Gasteiger partial charge in [0.2, 0.25) is 10.0 Å². The summed E-state index contributed by atoms with van der Waals surface area (Å²) < 4.78 is 42.8. The Morgan fingerprint density at radius 3 is 2.29 bits per heavy atom. The minimum Gasteiger partial charge on any atom is -0.211 e. The summed E-state index contributed by atoms with van der Waals surface area (Å²) in [6.07, 6.45) is 0.491. The molecule has 176 valence electrons. The molecule has 1 aliphatic carbocycles. The highest BCUT2D eigenvalue weighted by atomic mass is 32.2. The fourth-order valence-electron chi connectivity index (χ4n) is 4.88. The van der Waals surface area contributed by atoms with Crippen molar-refractivity contribution < 1.29 is 12.8 Å². The van der Waals surface area contributed by atoms with E-state index in [1.54, 1.807) is 36.4 Å². The van der Waals surface area contributed by atoms with Crippen LogP contribution in [0.4, 0.5) is 4.39 Å². The molecule has 0 radical (unpaired) electrons. The van der Waals surface area contributed by atoms with Gasteiger partial charge in [-0.3, -0.25) is 0 Å². The van der Waals surface area contributed by atoms with Gasteiger partial charge in [-0.15, -0.1) is 0 Å². The summed E-state index contributed by atoms with van der Waals surface area (Å²) in [5.74, 6) is -0.437. The first-order valence-corrected chi connectivity index (χ1v) is 13.1. The average Bonchev–Trinajstić information content (AvgIpc) is 3.19. The Hall–Kier alpha value is -3.54. The smallest absolute Gasteiger partial charge is 0.211 e. The second-order valence-electron chi connectivity index (χ2n) is 8.80. The Morgan fingerprint density at radius 1 is 0.829 bits per heavy atom. The third-order valence-electron chi connectivity index (χ3n) is 6.47. The van der Waals surface area contributed by atoms with Crippen molar-refractivity contribution in [2.24, 2.45) is 0 Å². The zero-order valence-electron chi connectivity index (χ0n) is 19.4. The van der Waals surface area contributed by atoms with Crippen LogP contribution in [0.25, 0.3) is 5.57 Å². The molecule has 5 heteroatoms. The van der Waals surface area contributed by atoms with E-state index in [2.05, 4.69) is 29.0 Å². The standard InChI is InChI=1S/C30H26FNO2S/c1-21-14-16-25(17-15-21)35(33,34)32-19-18-28-29(22-8-3-2-4-9-22)26-12-5-6-13-27(26)30(28)23-10-7-11-24(31)20-23/h2-17,20,30,32H,18-19H2,1H3. The summed E-state index contributed by atoms with van der Waals surface area (Å²) >= 11 is 0. The minimum absolute atomic E-state index is 0.152. The van der Waals surface area contributed by atoms with E-state index >= 15 is 0 Å². The molecule has 0 fully saturated rings. The summed E-state index contributed by atoms with van der Waals surface area (Å²) in [5, 5.41) is 0. The Morgan fingerprint density at radius 2 is 1.54 bits per heavy atom. The Labute approximate surface area is 206 Å². The lowest BCUT2D eigenvalue weighted by Crippen LogP contribution is -2.25. The molecule has 1 atom stereocenters. The number of hydrogen-bond donors (Lipinski definition) is 1. The van der Waals surface area contributed by atoms with E-state index in [0.29, 0.717) is 6.42 Å². The first kappa shape index (κ1) is 23.2. The summed E-state index contributed by atoms with van der Waals surface area (Å²) in [7, 11) is -3.64. The lowest BCUT2D eigenvalue weighted by molar-refractivity contribution is 0.581.